The van der Waals surface area contributed by atoms with Crippen molar-refractivity contribution in [3.8, 4) is 0 Å². The minimum absolute atomic E-state index is 0.0484. The molecule has 0 spiro atoms. The summed E-state index contributed by atoms with van der Waals surface area (Å²) in [5.41, 5.74) is 2.60. The van der Waals surface area contributed by atoms with Gasteiger partial charge >= 0.3 is 0 Å². The summed E-state index contributed by atoms with van der Waals surface area (Å²) in [6.45, 7) is 7.40. The van der Waals surface area contributed by atoms with Crippen molar-refractivity contribution in [3.05, 3.63) is 22.5 Å². The molecule has 0 saturated carbocycles. The molecule has 2 N–H and O–H groups in total. The number of rotatable bonds is 5. The van der Waals surface area contributed by atoms with Crippen molar-refractivity contribution < 1.29 is 14.3 Å². The molecule has 5 heteroatoms. The van der Waals surface area contributed by atoms with Crippen LogP contribution in [0.15, 0.2) is 0 Å². The maximum absolute atomic E-state index is 12.2. The predicted molar refractivity (Wildman–Crippen MR) is 76.1 cm³/mol. The van der Waals surface area contributed by atoms with E-state index in [1.165, 1.54) is 6.92 Å². The molecule has 2 rings (SSSR count). The third kappa shape index (κ3) is 3.10. The predicted octanol–water partition coefficient (Wildman–Crippen LogP) is 1.99. The van der Waals surface area contributed by atoms with Gasteiger partial charge in [0.2, 0.25) is 0 Å². The van der Waals surface area contributed by atoms with Crippen LogP contribution >= 0.6 is 0 Å². The van der Waals surface area contributed by atoms with Crippen molar-refractivity contribution in [1.82, 2.24) is 10.3 Å². The first kappa shape index (κ1) is 14.8. The number of H-pyrrole nitrogens is 1. The lowest BCUT2D eigenvalue weighted by Gasteiger charge is -2.09. The maximum atomic E-state index is 12.2. The molecule has 1 aliphatic heterocycles. The van der Waals surface area contributed by atoms with Gasteiger partial charge in [-0.25, -0.2) is 0 Å². The fourth-order valence-electron chi connectivity index (χ4n) is 2.73. The van der Waals surface area contributed by atoms with Crippen LogP contribution in [0.1, 0.15) is 51.9 Å². The SMILES string of the molecule is CC(=O)c1[nH]c(C)c(C(=O)NCC[C@H]2CCOC2)c1C. The van der Waals surface area contributed by atoms with E-state index in [0.717, 1.165) is 37.3 Å². The topological polar surface area (TPSA) is 71.2 Å². The first-order valence-electron chi connectivity index (χ1n) is 7.06. The van der Waals surface area contributed by atoms with E-state index in [2.05, 4.69) is 10.3 Å². The van der Waals surface area contributed by atoms with Crippen molar-refractivity contribution in [3.63, 3.8) is 0 Å². The minimum Gasteiger partial charge on any atom is -0.381 e. The highest BCUT2D eigenvalue weighted by molar-refractivity contribution is 6.02. The Bertz CT molecular complexity index is 513. The number of ether oxygens (including phenoxy) is 1. The van der Waals surface area contributed by atoms with Gasteiger partial charge in [0.1, 0.15) is 0 Å². The Morgan fingerprint density at radius 3 is 2.70 bits per heavy atom. The smallest absolute Gasteiger partial charge is 0.253 e. The second kappa shape index (κ2) is 6.22. The number of carbonyl (C=O) groups excluding carboxylic acids is 2. The normalized spacial score (nSPS) is 18.2. The van der Waals surface area contributed by atoms with Gasteiger partial charge in [0.25, 0.3) is 5.91 Å². The molecular formula is C15H22N2O3. The van der Waals surface area contributed by atoms with Crippen molar-refractivity contribution in [2.24, 2.45) is 5.92 Å². The minimum atomic E-state index is -0.109. The number of hydrogen-bond acceptors (Lipinski definition) is 3. The first-order valence-corrected chi connectivity index (χ1v) is 7.06. The van der Waals surface area contributed by atoms with E-state index in [4.69, 9.17) is 4.74 Å². The van der Waals surface area contributed by atoms with E-state index in [0.29, 0.717) is 23.7 Å². The lowest BCUT2D eigenvalue weighted by atomic mass is 10.0. The van der Waals surface area contributed by atoms with Gasteiger partial charge in [-0.1, -0.05) is 0 Å². The number of Topliss-reactive ketones (excluding diaryl/α,β-unsaturated/α-hetero) is 1. The number of amides is 1. The monoisotopic (exact) mass is 278 g/mol. The Balaban J connectivity index is 1.96. The first-order chi connectivity index (χ1) is 9.50. The van der Waals surface area contributed by atoms with Gasteiger partial charge < -0.3 is 15.0 Å². The largest absolute Gasteiger partial charge is 0.381 e. The van der Waals surface area contributed by atoms with Gasteiger partial charge in [-0.15, -0.1) is 0 Å². The van der Waals surface area contributed by atoms with Crippen molar-refractivity contribution in [2.45, 2.75) is 33.6 Å². The molecule has 1 aromatic rings. The van der Waals surface area contributed by atoms with E-state index in [1.807, 2.05) is 6.92 Å². The Kier molecular flexibility index (Phi) is 4.60. The summed E-state index contributed by atoms with van der Waals surface area (Å²) in [5.74, 6) is 0.395. The van der Waals surface area contributed by atoms with Gasteiger partial charge in [0.05, 0.1) is 11.3 Å². The van der Waals surface area contributed by atoms with Gasteiger partial charge in [0.15, 0.2) is 5.78 Å². The third-order valence-corrected chi connectivity index (χ3v) is 3.88. The number of nitrogens with one attached hydrogen (secondary N) is 2. The van der Waals surface area contributed by atoms with Crippen LogP contribution in [0.2, 0.25) is 0 Å². The third-order valence-electron chi connectivity index (χ3n) is 3.88. The highest BCUT2D eigenvalue weighted by atomic mass is 16.5. The quantitative estimate of drug-likeness (QED) is 0.809. The zero-order valence-corrected chi connectivity index (χ0v) is 12.3. The summed E-state index contributed by atoms with van der Waals surface area (Å²) in [6.07, 6.45) is 2.01. The zero-order valence-electron chi connectivity index (χ0n) is 12.3. The van der Waals surface area contributed by atoms with Crippen LogP contribution < -0.4 is 5.32 Å². The number of hydrogen-bond donors (Lipinski definition) is 2. The van der Waals surface area contributed by atoms with Gasteiger partial charge in [0, 0.05) is 32.4 Å². The van der Waals surface area contributed by atoms with Crippen molar-refractivity contribution in [1.29, 1.82) is 0 Å². The molecule has 0 aliphatic carbocycles. The molecule has 0 radical (unpaired) electrons. The highest BCUT2D eigenvalue weighted by Crippen LogP contribution is 2.19. The van der Waals surface area contributed by atoms with Crippen LogP contribution in [0.3, 0.4) is 0 Å². The molecule has 0 bridgehead atoms. The van der Waals surface area contributed by atoms with Crippen LogP contribution in [0, 0.1) is 19.8 Å². The molecule has 110 valence electrons. The fourth-order valence-corrected chi connectivity index (χ4v) is 2.73. The summed E-state index contributed by atoms with van der Waals surface area (Å²) in [7, 11) is 0. The number of carbonyl (C=O) groups is 2. The zero-order chi connectivity index (χ0) is 14.7. The van der Waals surface area contributed by atoms with E-state index in [-0.39, 0.29) is 11.7 Å². The second-order valence-corrected chi connectivity index (χ2v) is 5.46. The van der Waals surface area contributed by atoms with Crippen LogP contribution in [-0.2, 0) is 4.74 Å². The van der Waals surface area contributed by atoms with E-state index >= 15 is 0 Å². The molecule has 0 unspecified atom stereocenters. The molecule has 1 aromatic heterocycles. The second-order valence-electron chi connectivity index (χ2n) is 5.46. The average molecular weight is 278 g/mol. The summed E-state index contributed by atoms with van der Waals surface area (Å²) < 4.78 is 5.31. The highest BCUT2D eigenvalue weighted by Gasteiger charge is 2.20. The molecule has 1 fully saturated rings. The molecule has 20 heavy (non-hydrogen) atoms. The molecule has 5 nitrogen and oxygen atoms in total. The lowest BCUT2D eigenvalue weighted by Crippen LogP contribution is -2.27. The Hall–Kier alpha value is -1.62. The molecule has 1 atom stereocenters. The van der Waals surface area contributed by atoms with E-state index in [9.17, 15) is 9.59 Å². The number of aromatic nitrogens is 1. The molecular weight excluding hydrogens is 256 g/mol. The van der Waals surface area contributed by atoms with Gasteiger partial charge in [-0.05, 0) is 38.2 Å². The maximum Gasteiger partial charge on any atom is 0.253 e. The average Bonchev–Trinajstić information content (AvgIpc) is 2.97. The summed E-state index contributed by atoms with van der Waals surface area (Å²) in [4.78, 5) is 26.7. The van der Waals surface area contributed by atoms with E-state index in [1.54, 1.807) is 6.92 Å². The number of aryl methyl sites for hydroxylation is 1. The number of ketones is 1. The summed E-state index contributed by atoms with van der Waals surface area (Å²) in [5, 5.41) is 2.93. The molecule has 2 heterocycles. The lowest BCUT2D eigenvalue weighted by molar-refractivity contribution is 0.0949. The molecule has 1 aliphatic rings. The fraction of sp³-hybridized carbons (Fsp3) is 0.600. The summed E-state index contributed by atoms with van der Waals surface area (Å²) >= 11 is 0. The molecule has 0 aromatic carbocycles. The van der Waals surface area contributed by atoms with Gasteiger partial charge in [-0.3, -0.25) is 9.59 Å². The van der Waals surface area contributed by atoms with Crippen LogP contribution in [0.4, 0.5) is 0 Å². The van der Waals surface area contributed by atoms with Crippen molar-refractivity contribution in [2.75, 3.05) is 19.8 Å². The van der Waals surface area contributed by atoms with Crippen LogP contribution in [0.25, 0.3) is 0 Å². The van der Waals surface area contributed by atoms with Crippen LogP contribution in [0.5, 0.6) is 0 Å². The Morgan fingerprint density at radius 2 is 2.15 bits per heavy atom. The standard InChI is InChI=1S/C15H22N2O3/c1-9-13(10(2)17-14(9)11(3)18)15(19)16-6-4-12-5-7-20-8-12/h12,17H,4-8H2,1-3H3,(H,16,19)/t12-/m0/s1. The van der Waals surface area contributed by atoms with E-state index < -0.39 is 0 Å². The number of aromatic amines is 1. The Morgan fingerprint density at radius 1 is 1.40 bits per heavy atom. The van der Waals surface area contributed by atoms with Crippen molar-refractivity contribution >= 4 is 11.7 Å². The Labute approximate surface area is 119 Å². The van der Waals surface area contributed by atoms with Gasteiger partial charge in [-0.2, -0.15) is 0 Å². The molecule has 1 amide bonds. The summed E-state index contributed by atoms with van der Waals surface area (Å²) in [6, 6.07) is 0. The van der Waals surface area contributed by atoms with Crippen LogP contribution in [-0.4, -0.2) is 36.4 Å². The molecule has 1 saturated heterocycles.